The van der Waals surface area contributed by atoms with Crippen molar-refractivity contribution in [3.63, 3.8) is 0 Å². The fourth-order valence-corrected chi connectivity index (χ4v) is 2.34. The quantitative estimate of drug-likeness (QED) is 0.372. The highest BCUT2D eigenvalue weighted by molar-refractivity contribution is 7.85. The zero-order valence-electron chi connectivity index (χ0n) is 10.7. The third-order valence-corrected chi connectivity index (χ3v) is 3.35. The molecule has 0 aliphatic heterocycles. The molecule has 0 N–H and O–H groups in total. The molecule has 0 fully saturated rings. The lowest BCUT2D eigenvalue weighted by Gasteiger charge is -2.06. The standard InChI is InChI=1S/C13H18O5S/c1-2-16-8-9-17-10-11-18-19(14,15)12-13-6-4-3-5-7-13/h2-7H,1,8-12H2. The van der Waals surface area contributed by atoms with Gasteiger partial charge in [0.1, 0.15) is 12.4 Å². The Labute approximate surface area is 113 Å². The van der Waals surface area contributed by atoms with Crippen LogP contribution in [0.1, 0.15) is 5.56 Å². The van der Waals surface area contributed by atoms with Gasteiger partial charge in [0, 0.05) is 0 Å². The van der Waals surface area contributed by atoms with Gasteiger partial charge in [0.15, 0.2) is 0 Å². The van der Waals surface area contributed by atoms with Gasteiger partial charge in [-0.1, -0.05) is 36.9 Å². The second-order valence-corrected chi connectivity index (χ2v) is 5.30. The van der Waals surface area contributed by atoms with E-state index in [0.29, 0.717) is 18.8 Å². The maximum absolute atomic E-state index is 11.6. The molecule has 0 radical (unpaired) electrons. The number of ether oxygens (including phenoxy) is 2. The average molecular weight is 286 g/mol. The van der Waals surface area contributed by atoms with E-state index in [1.165, 1.54) is 6.26 Å². The zero-order chi connectivity index (χ0) is 14.0. The first kappa shape index (κ1) is 15.7. The van der Waals surface area contributed by atoms with Gasteiger partial charge >= 0.3 is 0 Å². The third-order valence-electron chi connectivity index (χ3n) is 2.14. The van der Waals surface area contributed by atoms with E-state index in [1.807, 2.05) is 6.07 Å². The molecule has 6 heteroatoms. The molecule has 0 unspecified atom stereocenters. The van der Waals surface area contributed by atoms with Crippen LogP contribution in [0, 0.1) is 0 Å². The number of hydrogen-bond acceptors (Lipinski definition) is 5. The predicted octanol–water partition coefficient (Wildman–Crippen LogP) is 1.71. The lowest BCUT2D eigenvalue weighted by Crippen LogP contribution is -2.14. The number of rotatable bonds is 10. The number of hydrogen-bond donors (Lipinski definition) is 0. The molecular weight excluding hydrogens is 268 g/mol. The molecule has 5 nitrogen and oxygen atoms in total. The summed E-state index contributed by atoms with van der Waals surface area (Å²) in [5.74, 6) is -0.132. The lowest BCUT2D eigenvalue weighted by atomic mass is 10.2. The first-order valence-corrected chi connectivity index (χ1v) is 7.43. The Morgan fingerprint density at radius 3 is 2.42 bits per heavy atom. The smallest absolute Gasteiger partial charge is 0.271 e. The molecule has 0 aliphatic rings. The van der Waals surface area contributed by atoms with Crippen LogP contribution in [0.2, 0.25) is 0 Å². The molecule has 0 saturated heterocycles. The molecule has 1 aromatic carbocycles. The minimum absolute atomic E-state index is 0.00323. The summed E-state index contributed by atoms with van der Waals surface area (Å²) in [4.78, 5) is 0. The van der Waals surface area contributed by atoms with E-state index < -0.39 is 10.1 Å². The largest absolute Gasteiger partial charge is 0.499 e. The van der Waals surface area contributed by atoms with Crippen LogP contribution in [-0.2, 0) is 29.5 Å². The minimum atomic E-state index is -3.56. The Morgan fingerprint density at radius 1 is 1.05 bits per heavy atom. The van der Waals surface area contributed by atoms with Gasteiger partial charge in [0.2, 0.25) is 0 Å². The molecule has 19 heavy (non-hydrogen) atoms. The van der Waals surface area contributed by atoms with Gasteiger partial charge < -0.3 is 9.47 Å². The minimum Gasteiger partial charge on any atom is -0.499 e. The van der Waals surface area contributed by atoms with Crippen LogP contribution in [-0.4, -0.2) is 34.8 Å². The first-order valence-electron chi connectivity index (χ1n) is 5.85. The van der Waals surface area contributed by atoms with Crippen molar-refractivity contribution >= 4 is 10.1 Å². The molecule has 0 aromatic heterocycles. The van der Waals surface area contributed by atoms with Crippen molar-refractivity contribution < 1.29 is 22.1 Å². The molecule has 0 bridgehead atoms. The van der Waals surface area contributed by atoms with Crippen LogP contribution in [0.15, 0.2) is 43.2 Å². The summed E-state index contributed by atoms with van der Waals surface area (Å²) < 4.78 is 38.0. The summed E-state index contributed by atoms with van der Waals surface area (Å²) in [7, 11) is -3.56. The van der Waals surface area contributed by atoms with Crippen LogP contribution in [0.5, 0.6) is 0 Å². The highest BCUT2D eigenvalue weighted by Crippen LogP contribution is 2.06. The molecule has 1 aromatic rings. The maximum Gasteiger partial charge on any atom is 0.271 e. The highest BCUT2D eigenvalue weighted by Gasteiger charge is 2.11. The Morgan fingerprint density at radius 2 is 1.74 bits per heavy atom. The second kappa shape index (κ2) is 8.68. The monoisotopic (exact) mass is 286 g/mol. The van der Waals surface area contributed by atoms with E-state index in [2.05, 4.69) is 6.58 Å². The van der Waals surface area contributed by atoms with E-state index in [0.717, 1.165) is 0 Å². The average Bonchev–Trinajstić information content (AvgIpc) is 2.38. The van der Waals surface area contributed by atoms with E-state index >= 15 is 0 Å². The molecule has 0 amide bonds. The molecule has 1 rings (SSSR count). The van der Waals surface area contributed by atoms with Crippen molar-refractivity contribution in [1.82, 2.24) is 0 Å². The van der Waals surface area contributed by atoms with Crippen molar-refractivity contribution in [2.24, 2.45) is 0 Å². The van der Waals surface area contributed by atoms with E-state index in [-0.39, 0.29) is 19.0 Å². The topological polar surface area (TPSA) is 61.8 Å². The molecule has 0 spiro atoms. The van der Waals surface area contributed by atoms with E-state index in [1.54, 1.807) is 24.3 Å². The van der Waals surface area contributed by atoms with Crippen molar-refractivity contribution in [3.05, 3.63) is 48.7 Å². The molecule has 106 valence electrons. The van der Waals surface area contributed by atoms with Crippen molar-refractivity contribution in [2.45, 2.75) is 5.75 Å². The summed E-state index contributed by atoms with van der Waals surface area (Å²) >= 11 is 0. The molecule has 0 atom stereocenters. The Hall–Kier alpha value is -1.37. The molecule has 0 aliphatic carbocycles. The van der Waals surface area contributed by atoms with Crippen LogP contribution < -0.4 is 0 Å². The molecular formula is C13H18O5S. The fraction of sp³-hybridized carbons (Fsp3) is 0.385. The summed E-state index contributed by atoms with van der Waals surface area (Å²) in [5, 5.41) is 0. The first-order chi connectivity index (χ1) is 9.14. The highest BCUT2D eigenvalue weighted by atomic mass is 32.2. The van der Waals surface area contributed by atoms with Gasteiger partial charge in [-0.15, -0.1) is 0 Å². The Kier molecular flexibility index (Phi) is 7.17. The van der Waals surface area contributed by atoms with Crippen LogP contribution in [0.4, 0.5) is 0 Å². The SMILES string of the molecule is C=COCCOCCOS(=O)(=O)Cc1ccccc1. The van der Waals surface area contributed by atoms with Crippen molar-refractivity contribution in [3.8, 4) is 0 Å². The predicted molar refractivity (Wildman–Crippen MR) is 72.0 cm³/mol. The maximum atomic E-state index is 11.6. The van der Waals surface area contributed by atoms with E-state index in [9.17, 15) is 8.42 Å². The second-order valence-electron chi connectivity index (χ2n) is 3.66. The van der Waals surface area contributed by atoms with Crippen LogP contribution >= 0.6 is 0 Å². The van der Waals surface area contributed by atoms with Gasteiger partial charge in [-0.05, 0) is 5.56 Å². The Bertz CT molecular complexity index is 455. The third kappa shape index (κ3) is 7.61. The summed E-state index contributed by atoms with van der Waals surface area (Å²) in [6.07, 6.45) is 1.32. The van der Waals surface area contributed by atoms with Gasteiger partial charge in [0.05, 0.1) is 26.1 Å². The molecule has 0 heterocycles. The van der Waals surface area contributed by atoms with Crippen molar-refractivity contribution in [2.75, 3.05) is 26.4 Å². The summed E-state index contributed by atoms with van der Waals surface area (Å²) in [6.45, 7) is 4.35. The lowest BCUT2D eigenvalue weighted by molar-refractivity contribution is 0.0666. The van der Waals surface area contributed by atoms with Gasteiger partial charge in [0.25, 0.3) is 10.1 Å². The van der Waals surface area contributed by atoms with Crippen LogP contribution in [0.3, 0.4) is 0 Å². The Balaban J connectivity index is 2.19. The van der Waals surface area contributed by atoms with E-state index in [4.69, 9.17) is 13.7 Å². The summed E-state index contributed by atoms with van der Waals surface area (Å²) in [5.41, 5.74) is 0.697. The number of benzene rings is 1. The normalized spacial score (nSPS) is 11.2. The van der Waals surface area contributed by atoms with Crippen molar-refractivity contribution in [1.29, 1.82) is 0 Å². The molecule has 0 saturated carbocycles. The zero-order valence-corrected chi connectivity index (χ0v) is 11.5. The fourth-order valence-electron chi connectivity index (χ4n) is 1.33. The van der Waals surface area contributed by atoms with Crippen LogP contribution in [0.25, 0.3) is 0 Å². The van der Waals surface area contributed by atoms with Gasteiger partial charge in [-0.3, -0.25) is 4.18 Å². The summed E-state index contributed by atoms with van der Waals surface area (Å²) in [6, 6.07) is 8.88. The van der Waals surface area contributed by atoms with Gasteiger partial charge in [-0.25, -0.2) is 0 Å². The van der Waals surface area contributed by atoms with Gasteiger partial charge in [-0.2, -0.15) is 8.42 Å².